The fraction of sp³-hybridized carbons (Fsp3) is 0.417. The van der Waals surface area contributed by atoms with Crippen LogP contribution in [0.1, 0.15) is 51.3 Å². The second-order valence-electron chi connectivity index (χ2n) is 9.70. The van der Waals surface area contributed by atoms with E-state index < -0.39 is 17.2 Å². The van der Waals surface area contributed by atoms with E-state index in [-0.39, 0.29) is 11.7 Å². The molecule has 2 amide bonds. The Morgan fingerprint density at radius 3 is 2.27 bits per heavy atom. The molecule has 0 radical (unpaired) electrons. The fourth-order valence-corrected chi connectivity index (χ4v) is 3.26. The van der Waals surface area contributed by atoms with Crippen LogP contribution >= 0.6 is 0 Å². The molecule has 9 heteroatoms. The summed E-state index contributed by atoms with van der Waals surface area (Å²) in [5, 5.41) is 17.0. The summed E-state index contributed by atoms with van der Waals surface area (Å²) in [7, 11) is 0. The molecule has 1 aromatic carbocycles. The van der Waals surface area contributed by atoms with Gasteiger partial charge in [0.15, 0.2) is 11.6 Å². The summed E-state index contributed by atoms with van der Waals surface area (Å²) in [5.74, 6) is 0.404. The lowest BCUT2D eigenvalue weighted by molar-refractivity contribution is -0.123. The van der Waals surface area contributed by atoms with E-state index in [9.17, 15) is 9.59 Å². The van der Waals surface area contributed by atoms with Crippen LogP contribution in [0.5, 0.6) is 0 Å². The van der Waals surface area contributed by atoms with Crippen molar-refractivity contribution in [2.45, 2.75) is 66.5 Å². The van der Waals surface area contributed by atoms with Gasteiger partial charge in [0.05, 0.1) is 5.69 Å². The normalized spacial score (nSPS) is 11.9. The summed E-state index contributed by atoms with van der Waals surface area (Å²) in [6.07, 6.45) is 1.02. The number of anilines is 2. The molecule has 3 rings (SSSR count). The Balaban J connectivity index is 1.71. The molecule has 3 aromatic rings. The van der Waals surface area contributed by atoms with Gasteiger partial charge in [-0.1, -0.05) is 6.07 Å². The number of amides is 2. The van der Waals surface area contributed by atoms with Gasteiger partial charge < -0.3 is 10.1 Å². The SMILES string of the molecule is Cc1cc(C)c(-c2cc(NC(=O)C(C)(C)n3ccc(NC(=O)OC(C)(C)C)n3)n[nH]2)cc1C. The number of benzene rings is 1. The third-order valence-electron chi connectivity index (χ3n) is 5.30. The largest absolute Gasteiger partial charge is 0.444 e. The topological polar surface area (TPSA) is 114 Å². The Kier molecular flexibility index (Phi) is 6.35. The van der Waals surface area contributed by atoms with Crippen LogP contribution in [0.25, 0.3) is 11.3 Å². The molecular formula is C24H32N6O3. The van der Waals surface area contributed by atoms with Gasteiger partial charge in [0.1, 0.15) is 11.1 Å². The number of aromatic nitrogens is 4. The molecule has 0 saturated carbocycles. The number of aromatic amines is 1. The number of hydrogen-bond donors (Lipinski definition) is 3. The van der Waals surface area contributed by atoms with E-state index in [1.807, 2.05) is 13.0 Å². The van der Waals surface area contributed by atoms with Crippen LogP contribution in [0.15, 0.2) is 30.5 Å². The molecule has 176 valence electrons. The summed E-state index contributed by atoms with van der Waals surface area (Å²) >= 11 is 0. The number of carbonyl (C=O) groups is 2. The molecule has 0 unspecified atom stereocenters. The number of rotatable bonds is 5. The molecule has 9 nitrogen and oxygen atoms in total. The van der Waals surface area contributed by atoms with Crippen molar-refractivity contribution in [3.05, 3.63) is 47.2 Å². The minimum Gasteiger partial charge on any atom is -0.444 e. The summed E-state index contributed by atoms with van der Waals surface area (Å²) in [5.41, 5.74) is 3.74. The van der Waals surface area contributed by atoms with Gasteiger partial charge in [-0.05, 0) is 78.1 Å². The molecule has 2 aromatic heterocycles. The van der Waals surface area contributed by atoms with E-state index in [0.29, 0.717) is 5.82 Å². The number of hydrogen-bond acceptors (Lipinski definition) is 5. The van der Waals surface area contributed by atoms with Gasteiger partial charge in [-0.2, -0.15) is 10.2 Å². The highest BCUT2D eigenvalue weighted by Gasteiger charge is 2.31. The second kappa shape index (κ2) is 8.73. The maximum atomic E-state index is 13.0. The summed E-state index contributed by atoms with van der Waals surface area (Å²) in [4.78, 5) is 25.0. The Bertz CT molecular complexity index is 1180. The van der Waals surface area contributed by atoms with Crippen LogP contribution in [0, 0.1) is 20.8 Å². The minimum absolute atomic E-state index is 0.289. The van der Waals surface area contributed by atoms with Crippen molar-refractivity contribution in [3.8, 4) is 11.3 Å². The predicted octanol–water partition coefficient (Wildman–Crippen LogP) is 4.92. The van der Waals surface area contributed by atoms with Gasteiger partial charge in [-0.25, -0.2) is 4.79 Å². The Morgan fingerprint density at radius 2 is 1.61 bits per heavy atom. The van der Waals surface area contributed by atoms with Crippen LogP contribution in [0.4, 0.5) is 16.4 Å². The minimum atomic E-state index is -1.04. The van der Waals surface area contributed by atoms with Crippen LogP contribution in [0.3, 0.4) is 0 Å². The third-order valence-corrected chi connectivity index (χ3v) is 5.30. The van der Waals surface area contributed by atoms with Crippen molar-refractivity contribution in [2.24, 2.45) is 0 Å². The van der Waals surface area contributed by atoms with Crippen molar-refractivity contribution in [1.82, 2.24) is 20.0 Å². The molecular weight excluding hydrogens is 420 g/mol. The molecule has 0 aliphatic heterocycles. The smallest absolute Gasteiger partial charge is 0.413 e. The van der Waals surface area contributed by atoms with Crippen molar-refractivity contribution in [3.63, 3.8) is 0 Å². The highest BCUT2D eigenvalue weighted by molar-refractivity contribution is 5.95. The van der Waals surface area contributed by atoms with Crippen molar-refractivity contribution >= 4 is 23.6 Å². The zero-order valence-electron chi connectivity index (χ0n) is 20.5. The Morgan fingerprint density at radius 1 is 0.939 bits per heavy atom. The lowest BCUT2D eigenvalue weighted by Crippen LogP contribution is -2.40. The van der Waals surface area contributed by atoms with E-state index in [1.54, 1.807) is 46.9 Å². The summed E-state index contributed by atoms with van der Waals surface area (Å²) < 4.78 is 6.72. The zero-order chi connectivity index (χ0) is 24.6. The van der Waals surface area contributed by atoms with Crippen LogP contribution in [-0.4, -0.2) is 37.6 Å². The zero-order valence-corrected chi connectivity index (χ0v) is 20.5. The molecule has 0 aliphatic rings. The van der Waals surface area contributed by atoms with Gasteiger partial charge >= 0.3 is 6.09 Å². The number of aryl methyl sites for hydroxylation is 3. The highest BCUT2D eigenvalue weighted by atomic mass is 16.6. The van der Waals surface area contributed by atoms with Gasteiger partial charge in [0, 0.05) is 23.9 Å². The number of carbonyl (C=O) groups excluding carboxylic acids is 2. The lowest BCUT2D eigenvalue weighted by atomic mass is 9.99. The van der Waals surface area contributed by atoms with Crippen molar-refractivity contribution in [1.29, 1.82) is 0 Å². The molecule has 0 aliphatic carbocycles. The highest BCUT2D eigenvalue weighted by Crippen LogP contribution is 2.27. The summed E-state index contributed by atoms with van der Waals surface area (Å²) in [6.45, 7) is 15.0. The maximum Gasteiger partial charge on any atom is 0.413 e. The first kappa shape index (κ1) is 24.0. The van der Waals surface area contributed by atoms with Crippen LogP contribution in [-0.2, 0) is 15.1 Å². The monoisotopic (exact) mass is 452 g/mol. The number of nitrogens with one attached hydrogen (secondary N) is 3. The second-order valence-corrected chi connectivity index (χ2v) is 9.70. The van der Waals surface area contributed by atoms with Crippen LogP contribution < -0.4 is 10.6 Å². The first-order valence-corrected chi connectivity index (χ1v) is 10.8. The quantitative estimate of drug-likeness (QED) is 0.508. The predicted molar refractivity (Wildman–Crippen MR) is 128 cm³/mol. The number of H-pyrrole nitrogens is 1. The summed E-state index contributed by atoms with van der Waals surface area (Å²) in [6, 6.07) is 7.65. The molecule has 33 heavy (non-hydrogen) atoms. The average molecular weight is 453 g/mol. The van der Waals surface area contributed by atoms with Crippen LogP contribution in [0.2, 0.25) is 0 Å². The standard InChI is InChI=1S/C24H32N6O3/c1-14-11-16(3)17(12-15(14)2)18-13-20(28-27-18)25-21(31)24(7,8)30-10-9-19(29-30)26-22(32)33-23(4,5)6/h9-13H,1-8H3,(H,26,29,32)(H2,25,27,28,31). The van der Waals surface area contributed by atoms with Crippen molar-refractivity contribution in [2.75, 3.05) is 10.6 Å². The first-order valence-electron chi connectivity index (χ1n) is 10.8. The Hall–Kier alpha value is -3.62. The number of ether oxygens (including phenoxy) is 1. The lowest BCUT2D eigenvalue weighted by Gasteiger charge is -2.23. The molecule has 0 spiro atoms. The van der Waals surface area contributed by atoms with E-state index in [1.165, 1.54) is 15.8 Å². The molecule has 3 N–H and O–H groups in total. The maximum absolute atomic E-state index is 13.0. The molecule has 0 bridgehead atoms. The van der Waals surface area contributed by atoms with E-state index in [4.69, 9.17) is 4.74 Å². The third kappa shape index (κ3) is 5.60. The van der Waals surface area contributed by atoms with E-state index >= 15 is 0 Å². The first-order chi connectivity index (χ1) is 15.3. The Labute approximate surface area is 193 Å². The molecule has 0 fully saturated rings. The molecule has 0 saturated heterocycles. The molecule has 2 heterocycles. The van der Waals surface area contributed by atoms with Crippen molar-refractivity contribution < 1.29 is 14.3 Å². The van der Waals surface area contributed by atoms with E-state index in [0.717, 1.165) is 16.8 Å². The average Bonchev–Trinajstić information content (AvgIpc) is 3.33. The fourth-order valence-electron chi connectivity index (χ4n) is 3.26. The van der Waals surface area contributed by atoms with E-state index in [2.05, 4.69) is 51.9 Å². The van der Waals surface area contributed by atoms with Gasteiger partial charge in [0.25, 0.3) is 5.91 Å². The van der Waals surface area contributed by atoms with Gasteiger partial charge in [-0.3, -0.25) is 19.9 Å². The van der Waals surface area contributed by atoms with Gasteiger partial charge in [0.2, 0.25) is 0 Å². The van der Waals surface area contributed by atoms with Gasteiger partial charge in [-0.15, -0.1) is 0 Å². The number of nitrogens with zero attached hydrogens (tertiary/aromatic N) is 3. The molecule has 0 atom stereocenters.